The molecule has 0 bridgehead atoms. The number of pyridine rings is 1. The largest absolute Gasteiger partial charge is 0.444 e. The van der Waals surface area contributed by atoms with Crippen LogP contribution in [0.3, 0.4) is 0 Å². The first-order valence-corrected chi connectivity index (χ1v) is 11.1. The van der Waals surface area contributed by atoms with Gasteiger partial charge in [0.15, 0.2) is 0 Å². The van der Waals surface area contributed by atoms with Crippen molar-refractivity contribution in [3.63, 3.8) is 0 Å². The number of ether oxygens (including phenoxy) is 1. The van der Waals surface area contributed by atoms with Crippen LogP contribution in [0.25, 0.3) is 0 Å². The van der Waals surface area contributed by atoms with Crippen molar-refractivity contribution in [3.8, 4) is 0 Å². The van der Waals surface area contributed by atoms with Gasteiger partial charge in [0, 0.05) is 12.6 Å². The molecule has 3 amide bonds. The van der Waals surface area contributed by atoms with Gasteiger partial charge >= 0.3 is 17.9 Å². The number of nitrogens with one attached hydrogen (secondary N) is 2. The van der Waals surface area contributed by atoms with Crippen LogP contribution < -0.4 is 10.6 Å². The molecular formula is C23H34N4O4. The summed E-state index contributed by atoms with van der Waals surface area (Å²) >= 11 is 0. The van der Waals surface area contributed by atoms with Crippen LogP contribution in [0.5, 0.6) is 0 Å². The minimum atomic E-state index is -0.646. The third-order valence-electron chi connectivity index (χ3n) is 5.97. The highest BCUT2D eigenvalue weighted by atomic mass is 16.6. The van der Waals surface area contributed by atoms with Crippen LogP contribution in [-0.2, 0) is 14.3 Å². The van der Waals surface area contributed by atoms with Gasteiger partial charge in [-0.2, -0.15) is 0 Å². The van der Waals surface area contributed by atoms with E-state index in [9.17, 15) is 14.4 Å². The highest BCUT2D eigenvalue weighted by Gasteiger charge is 2.39. The maximum absolute atomic E-state index is 13.0. The lowest BCUT2D eigenvalue weighted by atomic mass is 9.75. The number of nitrogens with zero attached hydrogens (tertiary/aromatic N) is 2. The Balaban J connectivity index is 1.63. The molecule has 1 saturated carbocycles. The Bertz CT molecular complexity index is 844. The quantitative estimate of drug-likeness (QED) is 0.703. The predicted molar refractivity (Wildman–Crippen MR) is 119 cm³/mol. The third kappa shape index (κ3) is 5.95. The average molecular weight is 431 g/mol. The summed E-state index contributed by atoms with van der Waals surface area (Å²) in [6.07, 6.45) is 6.38. The van der Waals surface area contributed by atoms with E-state index in [1.54, 1.807) is 38.7 Å². The summed E-state index contributed by atoms with van der Waals surface area (Å²) in [4.78, 5) is 43.6. The van der Waals surface area contributed by atoms with Gasteiger partial charge < -0.3 is 15.0 Å². The van der Waals surface area contributed by atoms with E-state index in [0.717, 1.165) is 25.7 Å². The van der Waals surface area contributed by atoms with Crippen LogP contribution in [0.1, 0.15) is 65.4 Å². The fraction of sp³-hybridized carbons (Fsp3) is 0.652. The average Bonchev–Trinajstić information content (AvgIpc) is 2.61. The Morgan fingerprint density at radius 1 is 1.13 bits per heavy atom. The molecule has 31 heavy (non-hydrogen) atoms. The minimum Gasteiger partial charge on any atom is -0.444 e. The summed E-state index contributed by atoms with van der Waals surface area (Å²) in [5.41, 5.74) is 0.445. The lowest BCUT2D eigenvalue weighted by Gasteiger charge is -2.45. The smallest absolute Gasteiger partial charge is 0.413 e. The molecule has 2 fully saturated rings. The lowest BCUT2D eigenvalue weighted by molar-refractivity contribution is -0.148. The highest BCUT2D eigenvalue weighted by molar-refractivity contribution is 6.39. The Hall–Kier alpha value is -2.64. The van der Waals surface area contributed by atoms with Crippen molar-refractivity contribution in [2.45, 2.75) is 78.4 Å². The molecule has 1 aliphatic heterocycles. The number of hydrogen-bond acceptors (Lipinski definition) is 5. The van der Waals surface area contributed by atoms with E-state index in [-0.39, 0.29) is 6.04 Å². The van der Waals surface area contributed by atoms with E-state index in [0.29, 0.717) is 35.4 Å². The number of aromatic nitrogens is 1. The van der Waals surface area contributed by atoms with Gasteiger partial charge in [0.1, 0.15) is 11.4 Å². The molecule has 2 heterocycles. The molecule has 8 heteroatoms. The normalized spacial score (nSPS) is 21.8. The number of amides is 3. The van der Waals surface area contributed by atoms with Crippen LogP contribution in [0, 0.1) is 18.8 Å². The molecule has 1 aromatic heterocycles. The van der Waals surface area contributed by atoms with Crippen LogP contribution in [-0.4, -0.2) is 46.0 Å². The van der Waals surface area contributed by atoms with Gasteiger partial charge in [-0.15, -0.1) is 0 Å². The van der Waals surface area contributed by atoms with Gasteiger partial charge in [-0.25, -0.2) is 9.78 Å². The first-order valence-electron chi connectivity index (χ1n) is 11.1. The fourth-order valence-electron chi connectivity index (χ4n) is 4.21. The third-order valence-corrected chi connectivity index (χ3v) is 5.97. The number of hydrogen-bond donors (Lipinski definition) is 2. The van der Waals surface area contributed by atoms with Crippen molar-refractivity contribution >= 4 is 29.4 Å². The van der Waals surface area contributed by atoms with Crippen molar-refractivity contribution in [3.05, 3.63) is 17.8 Å². The number of carbonyl (C=O) groups excluding carboxylic acids is 3. The molecule has 170 valence electrons. The van der Waals surface area contributed by atoms with Gasteiger partial charge in [-0.05, 0) is 76.8 Å². The van der Waals surface area contributed by atoms with Crippen LogP contribution >= 0.6 is 0 Å². The molecular weight excluding hydrogens is 396 g/mol. The monoisotopic (exact) mass is 430 g/mol. The van der Waals surface area contributed by atoms with Crippen LogP contribution in [0.4, 0.5) is 16.3 Å². The topological polar surface area (TPSA) is 101 Å². The molecule has 3 rings (SSSR count). The zero-order valence-electron chi connectivity index (χ0n) is 19.2. The Kier molecular flexibility index (Phi) is 6.86. The van der Waals surface area contributed by atoms with E-state index in [2.05, 4.69) is 22.5 Å². The van der Waals surface area contributed by atoms with Crippen LogP contribution in [0.15, 0.2) is 12.3 Å². The Morgan fingerprint density at radius 2 is 1.84 bits per heavy atom. The molecule has 1 aromatic rings. The molecule has 1 aliphatic carbocycles. The highest BCUT2D eigenvalue weighted by Crippen LogP contribution is 2.37. The summed E-state index contributed by atoms with van der Waals surface area (Å²) < 4.78 is 5.23. The van der Waals surface area contributed by atoms with Crippen LogP contribution in [0.2, 0.25) is 0 Å². The van der Waals surface area contributed by atoms with Crippen molar-refractivity contribution in [2.75, 3.05) is 17.2 Å². The standard InChI is InChI=1S/C23H34N4O4/c1-14-9-10-18(16-7-6-8-16)27(13-14)21(29)20(28)25-17-11-15(2)19(24-12-17)26-22(30)31-23(3,4)5/h11-12,14,16,18H,6-10,13H2,1-5H3,(H,25,28)(H,24,26,30)/t14-,18+/m1/s1. The van der Waals surface area contributed by atoms with Crippen molar-refractivity contribution in [1.82, 2.24) is 9.88 Å². The molecule has 0 aromatic carbocycles. The summed E-state index contributed by atoms with van der Waals surface area (Å²) in [5, 5.41) is 5.27. The molecule has 0 unspecified atom stereocenters. The number of aryl methyl sites for hydroxylation is 1. The van der Waals surface area contributed by atoms with E-state index in [4.69, 9.17) is 4.74 Å². The zero-order valence-corrected chi connectivity index (χ0v) is 19.2. The molecule has 2 N–H and O–H groups in total. The van der Waals surface area contributed by atoms with Crippen molar-refractivity contribution in [2.24, 2.45) is 11.8 Å². The summed E-state index contributed by atoms with van der Waals surface area (Å²) in [7, 11) is 0. The van der Waals surface area contributed by atoms with Gasteiger partial charge in [-0.3, -0.25) is 14.9 Å². The SMILES string of the molecule is Cc1cc(NC(=O)C(=O)N2C[C@H](C)CC[C@H]2C2CCC2)cnc1NC(=O)OC(C)(C)C. The van der Waals surface area contributed by atoms with Gasteiger partial charge in [-0.1, -0.05) is 13.3 Å². The second kappa shape index (κ2) is 9.24. The second-order valence-corrected chi connectivity index (χ2v) is 9.87. The van der Waals surface area contributed by atoms with Crippen molar-refractivity contribution < 1.29 is 19.1 Å². The number of anilines is 2. The van der Waals surface area contributed by atoms with Crippen molar-refractivity contribution in [1.29, 1.82) is 0 Å². The van der Waals surface area contributed by atoms with Gasteiger partial charge in [0.2, 0.25) is 0 Å². The Labute approximate surface area is 184 Å². The second-order valence-electron chi connectivity index (χ2n) is 9.87. The fourth-order valence-corrected chi connectivity index (χ4v) is 4.21. The maximum atomic E-state index is 13.0. The lowest BCUT2D eigenvalue weighted by Crippen LogP contribution is -2.54. The van der Waals surface area contributed by atoms with E-state index < -0.39 is 23.5 Å². The van der Waals surface area contributed by atoms with E-state index in [1.807, 2.05) is 0 Å². The van der Waals surface area contributed by atoms with Gasteiger partial charge in [0.05, 0.1) is 11.9 Å². The number of carbonyl (C=O) groups is 3. The predicted octanol–water partition coefficient (Wildman–Crippen LogP) is 4.10. The molecule has 8 nitrogen and oxygen atoms in total. The number of rotatable bonds is 3. The molecule has 2 aliphatic rings. The number of likely N-dealkylation sites (tertiary alicyclic amines) is 1. The molecule has 1 saturated heterocycles. The minimum absolute atomic E-state index is 0.170. The summed E-state index contributed by atoms with van der Waals surface area (Å²) in [6, 6.07) is 1.84. The first kappa shape index (κ1) is 23.0. The molecule has 0 radical (unpaired) electrons. The van der Waals surface area contributed by atoms with E-state index >= 15 is 0 Å². The summed E-state index contributed by atoms with van der Waals surface area (Å²) in [5.74, 6) is 0.139. The van der Waals surface area contributed by atoms with E-state index in [1.165, 1.54) is 12.6 Å². The Morgan fingerprint density at radius 3 is 2.42 bits per heavy atom. The summed E-state index contributed by atoms with van der Waals surface area (Å²) in [6.45, 7) is 9.85. The first-order chi connectivity index (χ1) is 14.5. The van der Waals surface area contributed by atoms with Gasteiger partial charge in [0.25, 0.3) is 0 Å². The molecule has 2 atom stereocenters. The zero-order chi connectivity index (χ0) is 22.8. The number of piperidine rings is 1. The maximum Gasteiger partial charge on any atom is 0.413 e. The molecule has 0 spiro atoms.